The highest BCUT2D eigenvalue weighted by atomic mass is 16.5. The highest BCUT2D eigenvalue weighted by Gasteiger charge is 2.34. The lowest BCUT2D eigenvalue weighted by molar-refractivity contribution is 0.375. The third-order valence-corrected chi connectivity index (χ3v) is 4.19. The molecule has 2 nitrogen and oxygen atoms in total. The van der Waals surface area contributed by atoms with Gasteiger partial charge < -0.3 is 10.1 Å². The van der Waals surface area contributed by atoms with E-state index in [0.717, 1.165) is 18.7 Å². The van der Waals surface area contributed by atoms with Crippen molar-refractivity contribution in [2.24, 2.45) is 0 Å². The molecule has 0 aromatic heterocycles. The van der Waals surface area contributed by atoms with Gasteiger partial charge in [-0.2, -0.15) is 0 Å². The first-order chi connectivity index (χ1) is 9.85. The van der Waals surface area contributed by atoms with Gasteiger partial charge in [0.1, 0.15) is 5.75 Å². The molecule has 2 atom stereocenters. The Morgan fingerprint density at radius 1 is 1.15 bits per heavy atom. The zero-order valence-corrected chi connectivity index (χ0v) is 12.1. The Balaban J connectivity index is 1.95. The van der Waals surface area contributed by atoms with Crippen molar-refractivity contribution < 1.29 is 4.74 Å². The molecule has 1 N–H and O–H groups in total. The van der Waals surface area contributed by atoms with Gasteiger partial charge in [-0.15, -0.1) is 0 Å². The summed E-state index contributed by atoms with van der Waals surface area (Å²) in [6, 6.07) is 17.4. The summed E-state index contributed by atoms with van der Waals surface area (Å²) in [6.07, 6.45) is 1.14. The van der Waals surface area contributed by atoms with Gasteiger partial charge in [0.2, 0.25) is 0 Å². The van der Waals surface area contributed by atoms with Crippen molar-refractivity contribution in [3.8, 4) is 5.75 Å². The molecule has 0 radical (unpaired) electrons. The van der Waals surface area contributed by atoms with Gasteiger partial charge in [0.15, 0.2) is 0 Å². The molecule has 20 heavy (non-hydrogen) atoms. The minimum atomic E-state index is 0.325. The lowest BCUT2D eigenvalue weighted by Crippen LogP contribution is -2.33. The molecule has 0 fully saturated rings. The predicted molar refractivity (Wildman–Crippen MR) is 82.3 cm³/mol. The summed E-state index contributed by atoms with van der Waals surface area (Å²) >= 11 is 0. The number of fused-ring (bicyclic) bond motifs is 1. The molecule has 1 aliphatic rings. The number of likely N-dealkylation sites (N-methyl/N-ethyl adjacent to an activating group) is 1. The van der Waals surface area contributed by atoms with E-state index in [9.17, 15) is 0 Å². The molecule has 2 aromatic carbocycles. The zero-order valence-electron chi connectivity index (χ0n) is 12.1. The number of rotatable bonds is 5. The number of para-hydroxylation sites is 1. The summed E-state index contributed by atoms with van der Waals surface area (Å²) in [7, 11) is 1.75. The molecule has 0 amide bonds. The van der Waals surface area contributed by atoms with Crippen LogP contribution in [0.15, 0.2) is 48.5 Å². The molecule has 0 spiro atoms. The molecule has 0 saturated carbocycles. The lowest BCUT2D eigenvalue weighted by atomic mass is 9.71. The highest BCUT2D eigenvalue weighted by Crippen LogP contribution is 2.45. The minimum absolute atomic E-state index is 0.325. The van der Waals surface area contributed by atoms with Gasteiger partial charge in [-0.3, -0.25) is 0 Å². The number of hydrogen-bond donors (Lipinski definition) is 1. The molecular formula is C18H21NO. The standard InChI is InChI=1S/C18H21NO/c1-3-19-18(15-10-6-7-11-17(15)20-2)16-12-13-8-4-5-9-14(13)16/h4-11,16,18-19H,3,12H2,1-2H3. The van der Waals surface area contributed by atoms with Crippen LogP contribution in [0.2, 0.25) is 0 Å². The summed E-state index contributed by atoms with van der Waals surface area (Å²) < 4.78 is 5.54. The van der Waals surface area contributed by atoms with Crippen LogP contribution < -0.4 is 10.1 Å². The first-order valence-electron chi connectivity index (χ1n) is 7.29. The number of benzene rings is 2. The molecule has 104 valence electrons. The van der Waals surface area contributed by atoms with Crippen molar-refractivity contribution in [1.29, 1.82) is 0 Å². The number of hydrogen-bond acceptors (Lipinski definition) is 2. The van der Waals surface area contributed by atoms with Gasteiger partial charge in [0, 0.05) is 17.5 Å². The van der Waals surface area contributed by atoms with Crippen LogP contribution in [0.1, 0.15) is 35.6 Å². The Labute approximate surface area is 120 Å². The molecule has 0 heterocycles. The van der Waals surface area contributed by atoms with E-state index < -0.39 is 0 Å². The SMILES string of the molecule is CCNC(c1ccccc1OC)C1Cc2ccccc21. The van der Waals surface area contributed by atoms with Crippen LogP contribution in [-0.4, -0.2) is 13.7 Å². The van der Waals surface area contributed by atoms with Crippen LogP contribution in [0.25, 0.3) is 0 Å². The maximum atomic E-state index is 5.54. The first-order valence-corrected chi connectivity index (χ1v) is 7.29. The Kier molecular flexibility index (Phi) is 3.75. The third-order valence-electron chi connectivity index (χ3n) is 4.19. The van der Waals surface area contributed by atoms with Crippen molar-refractivity contribution in [2.45, 2.75) is 25.3 Å². The Bertz CT molecular complexity index is 593. The van der Waals surface area contributed by atoms with Gasteiger partial charge in [-0.1, -0.05) is 49.4 Å². The average Bonchev–Trinajstić information content (AvgIpc) is 2.47. The number of nitrogens with one attached hydrogen (secondary N) is 1. The summed E-state index contributed by atoms with van der Waals surface area (Å²) in [6.45, 7) is 3.12. The minimum Gasteiger partial charge on any atom is -0.496 e. The summed E-state index contributed by atoms with van der Waals surface area (Å²) in [5, 5.41) is 3.64. The van der Waals surface area contributed by atoms with Crippen LogP contribution >= 0.6 is 0 Å². The lowest BCUT2D eigenvalue weighted by Gasteiger charge is -2.37. The molecule has 2 heteroatoms. The van der Waals surface area contributed by atoms with E-state index in [1.54, 1.807) is 7.11 Å². The van der Waals surface area contributed by atoms with Crippen LogP contribution in [0.5, 0.6) is 5.75 Å². The molecule has 3 rings (SSSR count). The fourth-order valence-electron chi connectivity index (χ4n) is 3.21. The van der Waals surface area contributed by atoms with Gasteiger partial charge in [-0.25, -0.2) is 0 Å². The predicted octanol–water partition coefficient (Wildman–Crippen LogP) is 3.69. The van der Waals surface area contributed by atoms with E-state index in [2.05, 4.69) is 48.6 Å². The number of ether oxygens (including phenoxy) is 1. The summed E-state index contributed by atoms with van der Waals surface area (Å²) in [5.74, 6) is 1.52. The van der Waals surface area contributed by atoms with Crippen molar-refractivity contribution in [1.82, 2.24) is 5.32 Å². The van der Waals surface area contributed by atoms with Crippen molar-refractivity contribution in [3.05, 3.63) is 65.2 Å². The quantitative estimate of drug-likeness (QED) is 0.892. The smallest absolute Gasteiger partial charge is 0.123 e. The average molecular weight is 267 g/mol. The fourth-order valence-corrected chi connectivity index (χ4v) is 3.21. The molecule has 0 saturated heterocycles. The van der Waals surface area contributed by atoms with Gasteiger partial charge in [-0.05, 0) is 30.2 Å². The Hall–Kier alpha value is -1.80. The van der Waals surface area contributed by atoms with Crippen molar-refractivity contribution in [2.75, 3.05) is 13.7 Å². The second-order valence-corrected chi connectivity index (χ2v) is 5.29. The molecule has 2 aromatic rings. The highest BCUT2D eigenvalue weighted by molar-refractivity contribution is 5.46. The van der Waals surface area contributed by atoms with Crippen LogP contribution in [0.4, 0.5) is 0 Å². The first kappa shape index (κ1) is 13.2. The van der Waals surface area contributed by atoms with E-state index in [-0.39, 0.29) is 0 Å². The fraction of sp³-hybridized carbons (Fsp3) is 0.333. The Morgan fingerprint density at radius 3 is 2.65 bits per heavy atom. The molecule has 0 bridgehead atoms. The topological polar surface area (TPSA) is 21.3 Å². The third kappa shape index (κ3) is 2.20. The van der Waals surface area contributed by atoms with E-state index >= 15 is 0 Å². The van der Waals surface area contributed by atoms with Gasteiger partial charge >= 0.3 is 0 Å². The van der Waals surface area contributed by atoms with Crippen LogP contribution in [0, 0.1) is 0 Å². The summed E-state index contributed by atoms with van der Waals surface area (Å²) in [4.78, 5) is 0. The molecular weight excluding hydrogens is 246 g/mol. The normalized spacial score (nSPS) is 18.0. The zero-order chi connectivity index (χ0) is 13.9. The largest absolute Gasteiger partial charge is 0.496 e. The van der Waals surface area contributed by atoms with Crippen molar-refractivity contribution >= 4 is 0 Å². The second-order valence-electron chi connectivity index (χ2n) is 5.29. The van der Waals surface area contributed by atoms with E-state index in [1.807, 2.05) is 12.1 Å². The molecule has 2 unspecified atom stereocenters. The molecule has 1 aliphatic carbocycles. The van der Waals surface area contributed by atoms with Gasteiger partial charge in [0.05, 0.1) is 7.11 Å². The second kappa shape index (κ2) is 5.68. The number of methoxy groups -OCH3 is 1. The van der Waals surface area contributed by atoms with Gasteiger partial charge in [0.25, 0.3) is 0 Å². The van der Waals surface area contributed by atoms with E-state index in [4.69, 9.17) is 4.74 Å². The van der Waals surface area contributed by atoms with E-state index in [0.29, 0.717) is 12.0 Å². The molecule has 0 aliphatic heterocycles. The maximum absolute atomic E-state index is 5.54. The summed E-state index contributed by atoms with van der Waals surface area (Å²) in [5.41, 5.74) is 4.22. The van der Waals surface area contributed by atoms with Crippen LogP contribution in [0.3, 0.4) is 0 Å². The Morgan fingerprint density at radius 2 is 1.90 bits per heavy atom. The van der Waals surface area contributed by atoms with Crippen molar-refractivity contribution in [3.63, 3.8) is 0 Å². The maximum Gasteiger partial charge on any atom is 0.123 e. The van der Waals surface area contributed by atoms with Crippen LogP contribution in [-0.2, 0) is 6.42 Å². The monoisotopic (exact) mass is 267 g/mol. The van der Waals surface area contributed by atoms with E-state index in [1.165, 1.54) is 16.7 Å².